The molecule has 2 aromatic carbocycles. The highest BCUT2D eigenvalue weighted by atomic mass is 32.1. The van der Waals surface area contributed by atoms with Gasteiger partial charge in [0.25, 0.3) is 5.91 Å². The van der Waals surface area contributed by atoms with Gasteiger partial charge in [0.1, 0.15) is 0 Å². The molecule has 2 aromatic heterocycles. The molecule has 4 aromatic rings. The molecule has 1 amide bonds. The second kappa shape index (κ2) is 6.38. The van der Waals surface area contributed by atoms with E-state index in [1.54, 1.807) is 11.3 Å². The minimum absolute atomic E-state index is 0.115. The minimum atomic E-state index is -0.115. The molecule has 0 saturated carbocycles. The van der Waals surface area contributed by atoms with Gasteiger partial charge in [-0.25, -0.2) is 9.67 Å². The van der Waals surface area contributed by atoms with Crippen molar-refractivity contribution in [3.05, 3.63) is 71.0 Å². The number of carbonyl (C=O) groups excluding carboxylic acids is 1. The van der Waals surface area contributed by atoms with Crippen molar-refractivity contribution < 1.29 is 4.79 Å². The average Bonchev–Trinajstić information content (AvgIpc) is 3.16. The summed E-state index contributed by atoms with van der Waals surface area (Å²) in [6.45, 7) is 5.95. The van der Waals surface area contributed by atoms with E-state index in [1.165, 1.54) is 0 Å². The average molecular weight is 362 g/mol. The number of benzene rings is 2. The van der Waals surface area contributed by atoms with Crippen LogP contribution in [0.2, 0.25) is 0 Å². The van der Waals surface area contributed by atoms with Gasteiger partial charge in [0.05, 0.1) is 15.9 Å². The molecule has 0 atom stereocenters. The molecule has 4 rings (SSSR count). The second-order valence-corrected chi connectivity index (χ2v) is 7.35. The summed E-state index contributed by atoms with van der Waals surface area (Å²) < 4.78 is 2.86. The van der Waals surface area contributed by atoms with E-state index in [0.29, 0.717) is 5.56 Å². The molecule has 0 aliphatic carbocycles. The maximum Gasteiger partial charge on any atom is 0.255 e. The van der Waals surface area contributed by atoms with Crippen molar-refractivity contribution in [3.8, 4) is 5.13 Å². The van der Waals surface area contributed by atoms with E-state index in [2.05, 4.69) is 15.4 Å². The van der Waals surface area contributed by atoms with Gasteiger partial charge in [-0.3, -0.25) is 4.79 Å². The van der Waals surface area contributed by atoms with E-state index in [9.17, 15) is 4.79 Å². The van der Waals surface area contributed by atoms with E-state index in [4.69, 9.17) is 0 Å². The Bertz CT molecular complexity index is 1130. The molecule has 0 unspecified atom stereocenters. The van der Waals surface area contributed by atoms with E-state index in [1.807, 2.05) is 74.0 Å². The smallest absolute Gasteiger partial charge is 0.255 e. The van der Waals surface area contributed by atoms with Crippen LogP contribution in [0.5, 0.6) is 0 Å². The summed E-state index contributed by atoms with van der Waals surface area (Å²) in [5.74, 6) is -0.115. The van der Waals surface area contributed by atoms with Crippen LogP contribution in [0.1, 0.15) is 27.3 Å². The molecule has 6 heteroatoms. The lowest BCUT2D eigenvalue weighted by molar-refractivity contribution is 0.102. The Morgan fingerprint density at radius 1 is 1.08 bits per heavy atom. The van der Waals surface area contributed by atoms with Gasteiger partial charge in [0, 0.05) is 16.9 Å². The summed E-state index contributed by atoms with van der Waals surface area (Å²) in [6, 6.07) is 15.3. The number of thiazole rings is 1. The van der Waals surface area contributed by atoms with Crippen molar-refractivity contribution >= 4 is 33.1 Å². The van der Waals surface area contributed by atoms with Gasteiger partial charge < -0.3 is 5.32 Å². The molecule has 5 nitrogen and oxygen atoms in total. The zero-order chi connectivity index (χ0) is 18.3. The van der Waals surface area contributed by atoms with Gasteiger partial charge in [0.2, 0.25) is 5.13 Å². The number of nitrogens with zero attached hydrogens (tertiary/aromatic N) is 3. The van der Waals surface area contributed by atoms with Crippen LogP contribution >= 0.6 is 11.3 Å². The normalized spacial score (nSPS) is 11.0. The number of hydrogen-bond acceptors (Lipinski definition) is 4. The molecule has 2 heterocycles. The predicted molar refractivity (Wildman–Crippen MR) is 105 cm³/mol. The lowest BCUT2D eigenvalue weighted by Crippen LogP contribution is -2.11. The fourth-order valence-electron chi connectivity index (χ4n) is 2.89. The summed E-state index contributed by atoms with van der Waals surface area (Å²) in [7, 11) is 0. The summed E-state index contributed by atoms with van der Waals surface area (Å²) in [4.78, 5) is 17.1. The minimum Gasteiger partial charge on any atom is -0.322 e. The summed E-state index contributed by atoms with van der Waals surface area (Å²) in [6.07, 6.45) is 0. The van der Waals surface area contributed by atoms with Gasteiger partial charge in [-0.1, -0.05) is 29.0 Å². The first-order chi connectivity index (χ1) is 12.5. The molecular weight excluding hydrogens is 344 g/mol. The summed E-state index contributed by atoms with van der Waals surface area (Å²) in [5, 5.41) is 8.28. The SMILES string of the molecule is Cc1cccc(C(=O)Nc2ccc3nc(-n4nc(C)cc4C)sc3c2)c1. The Hall–Kier alpha value is -2.99. The Balaban J connectivity index is 1.63. The Labute approximate surface area is 155 Å². The van der Waals surface area contributed by atoms with Crippen molar-refractivity contribution in [2.75, 3.05) is 5.32 Å². The number of nitrogens with one attached hydrogen (secondary N) is 1. The quantitative estimate of drug-likeness (QED) is 0.577. The number of amides is 1. The van der Waals surface area contributed by atoms with Crippen LogP contribution in [0.3, 0.4) is 0 Å². The predicted octanol–water partition coefficient (Wildman–Crippen LogP) is 4.66. The van der Waals surface area contributed by atoms with Gasteiger partial charge >= 0.3 is 0 Å². The third kappa shape index (κ3) is 3.11. The van der Waals surface area contributed by atoms with Crippen LogP contribution in [0.25, 0.3) is 15.3 Å². The van der Waals surface area contributed by atoms with E-state index >= 15 is 0 Å². The topological polar surface area (TPSA) is 59.8 Å². The molecule has 0 aliphatic rings. The zero-order valence-electron chi connectivity index (χ0n) is 14.8. The maximum atomic E-state index is 12.4. The Morgan fingerprint density at radius 3 is 2.65 bits per heavy atom. The zero-order valence-corrected chi connectivity index (χ0v) is 15.6. The molecule has 0 spiro atoms. The van der Waals surface area contributed by atoms with Gasteiger partial charge in [-0.2, -0.15) is 5.10 Å². The van der Waals surface area contributed by atoms with Crippen molar-refractivity contribution in [3.63, 3.8) is 0 Å². The fourth-order valence-corrected chi connectivity index (χ4v) is 3.91. The number of aromatic nitrogens is 3. The van der Waals surface area contributed by atoms with Crippen LogP contribution in [0.4, 0.5) is 5.69 Å². The van der Waals surface area contributed by atoms with Crippen molar-refractivity contribution in [1.29, 1.82) is 0 Å². The first-order valence-corrected chi connectivity index (χ1v) is 9.13. The molecule has 0 saturated heterocycles. The first kappa shape index (κ1) is 16.5. The monoisotopic (exact) mass is 362 g/mol. The molecule has 0 fully saturated rings. The number of hydrogen-bond donors (Lipinski definition) is 1. The molecule has 0 radical (unpaired) electrons. The Morgan fingerprint density at radius 2 is 1.92 bits per heavy atom. The highest BCUT2D eigenvalue weighted by Crippen LogP contribution is 2.28. The van der Waals surface area contributed by atoms with Crippen LogP contribution in [0, 0.1) is 20.8 Å². The third-order valence-electron chi connectivity index (χ3n) is 4.11. The summed E-state index contributed by atoms with van der Waals surface area (Å²) >= 11 is 1.56. The lowest BCUT2D eigenvalue weighted by Gasteiger charge is -2.05. The van der Waals surface area contributed by atoms with E-state index in [-0.39, 0.29) is 5.91 Å². The van der Waals surface area contributed by atoms with Gasteiger partial charge in [0.15, 0.2) is 0 Å². The number of aryl methyl sites for hydroxylation is 3. The third-order valence-corrected chi connectivity index (χ3v) is 5.10. The highest BCUT2D eigenvalue weighted by molar-refractivity contribution is 7.20. The molecule has 0 bridgehead atoms. The lowest BCUT2D eigenvalue weighted by atomic mass is 10.1. The van der Waals surface area contributed by atoms with Crippen LogP contribution in [-0.4, -0.2) is 20.7 Å². The molecular formula is C20H18N4OS. The molecule has 1 N–H and O–H groups in total. The molecule has 26 heavy (non-hydrogen) atoms. The van der Waals surface area contributed by atoms with Crippen molar-refractivity contribution in [2.24, 2.45) is 0 Å². The number of rotatable bonds is 3. The molecule has 0 aliphatic heterocycles. The van der Waals surface area contributed by atoms with Crippen LogP contribution in [0.15, 0.2) is 48.5 Å². The fraction of sp³-hybridized carbons (Fsp3) is 0.150. The van der Waals surface area contributed by atoms with Gasteiger partial charge in [-0.05, 0) is 57.2 Å². The largest absolute Gasteiger partial charge is 0.322 e. The maximum absolute atomic E-state index is 12.4. The second-order valence-electron chi connectivity index (χ2n) is 6.34. The molecule has 130 valence electrons. The highest BCUT2D eigenvalue weighted by Gasteiger charge is 2.11. The number of carbonyl (C=O) groups is 1. The van der Waals surface area contributed by atoms with E-state index in [0.717, 1.165) is 38.0 Å². The number of anilines is 1. The summed E-state index contributed by atoms with van der Waals surface area (Å²) in [5.41, 5.74) is 5.38. The first-order valence-electron chi connectivity index (χ1n) is 8.32. The van der Waals surface area contributed by atoms with Crippen molar-refractivity contribution in [1.82, 2.24) is 14.8 Å². The van der Waals surface area contributed by atoms with Crippen molar-refractivity contribution in [2.45, 2.75) is 20.8 Å². The van der Waals surface area contributed by atoms with Crippen LogP contribution < -0.4 is 5.32 Å². The Kier molecular flexibility index (Phi) is 4.05. The standard InChI is InChI=1S/C20H18N4OS/c1-12-5-4-6-15(9-12)19(25)21-16-7-8-17-18(11-16)26-20(22-17)24-14(3)10-13(2)23-24/h4-11H,1-3H3,(H,21,25). The number of fused-ring (bicyclic) bond motifs is 1. The van der Waals surface area contributed by atoms with E-state index < -0.39 is 0 Å². The van der Waals surface area contributed by atoms with Gasteiger partial charge in [-0.15, -0.1) is 0 Å². The van der Waals surface area contributed by atoms with Crippen LogP contribution in [-0.2, 0) is 0 Å².